The van der Waals surface area contributed by atoms with Crippen LogP contribution in [0, 0.1) is 0 Å². The summed E-state index contributed by atoms with van der Waals surface area (Å²) in [5.74, 6) is 2.29. The predicted molar refractivity (Wildman–Crippen MR) is 89.1 cm³/mol. The number of hydrogen-bond acceptors (Lipinski definition) is 2. The Balaban J connectivity index is 2.22. The van der Waals surface area contributed by atoms with Crippen LogP contribution in [0.3, 0.4) is 0 Å². The lowest BCUT2D eigenvalue weighted by molar-refractivity contribution is 0.471. The molecule has 0 aliphatic carbocycles. The third-order valence-corrected chi connectivity index (χ3v) is 3.64. The molecule has 112 valence electrons. The van der Waals surface area contributed by atoms with Crippen molar-refractivity contribution in [2.24, 2.45) is 0 Å². The Labute approximate surface area is 128 Å². The van der Waals surface area contributed by atoms with Gasteiger partial charge in [-0.15, -0.1) is 0 Å². The van der Waals surface area contributed by atoms with Crippen molar-refractivity contribution in [2.45, 2.75) is 39.7 Å². The number of nitrogens with one attached hydrogen (secondary N) is 1. The second-order valence-electron chi connectivity index (χ2n) is 5.65. The van der Waals surface area contributed by atoms with Crippen molar-refractivity contribution in [3.8, 4) is 11.5 Å². The van der Waals surface area contributed by atoms with E-state index in [-0.39, 0.29) is 0 Å². The molecule has 2 nitrogen and oxygen atoms in total. The molecule has 1 unspecified atom stereocenters. The highest BCUT2D eigenvalue weighted by Crippen LogP contribution is 2.31. The van der Waals surface area contributed by atoms with E-state index in [1.54, 1.807) is 0 Å². The number of rotatable bonds is 6. The first kappa shape index (κ1) is 15.6. The van der Waals surface area contributed by atoms with Crippen LogP contribution in [0.1, 0.15) is 50.8 Å². The molecule has 0 aromatic heterocycles. The molecule has 1 atom stereocenters. The molecule has 0 saturated heterocycles. The fraction of sp³-hybridized carbons (Fsp3) is 0.368. The van der Waals surface area contributed by atoms with E-state index in [1.807, 2.05) is 18.2 Å². The summed E-state index contributed by atoms with van der Waals surface area (Å²) in [5, 5.41) is 3.43. The monoisotopic (exact) mass is 283 g/mol. The Hall–Kier alpha value is -1.80. The number of ether oxygens (including phenoxy) is 1. The zero-order valence-electron chi connectivity index (χ0n) is 13.4. The smallest absolute Gasteiger partial charge is 0.130 e. The van der Waals surface area contributed by atoms with Crippen molar-refractivity contribution < 1.29 is 4.74 Å². The van der Waals surface area contributed by atoms with Gasteiger partial charge >= 0.3 is 0 Å². The summed E-state index contributed by atoms with van der Waals surface area (Å²) in [6, 6.07) is 16.9. The fourth-order valence-electron chi connectivity index (χ4n) is 2.45. The molecule has 0 aliphatic heterocycles. The SMILES string of the molecule is CCNC(C)c1cccc(Oc2ccccc2C(C)C)c1. The molecule has 2 aromatic carbocycles. The van der Waals surface area contributed by atoms with Crippen LogP contribution in [0.25, 0.3) is 0 Å². The van der Waals surface area contributed by atoms with Crippen LogP contribution in [0.15, 0.2) is 48.5 Å². The molecule has 0 saturated carbocycles. The lowest BCUT2D eigenvalue weighted by Gasteiger charge is -2.16. The zero-order chi connectivity index (χ0) is 15.2. The van der Waals surface area contributed by atoms with Crippen LogP contribution in [0.2, 0.25) is 0 Å². The molecule has 0 fully saturated rings. The van der Waals surface area contributed by atoms with Crippen LogP contribution in [-0.4, -0.2) is 6.54 Å². The van der Waals surface area contributed by atoms with Crippen molar-refractivity contribution in [2.75, 3.05) is 6.54 Å². The first-order valence-corrected chi connectivity index (χ1v) is 7.72. The first-order chi connectivity index (χ1) is 10.1. The van der Waals surface area contributed by atoms with Crippen molar-refractivity contribution in [3.05, 3.63) is 59.7 Å². The minimum Gasteiger partial charge on any atom is -0.457 e. The van der Waals surface area contributed by atoms with Crippen LogP contribution < -0.4 is 10.1 Å². The Bertz CT molecular complexity index is 577. The van der Waals surface area contributed by atoms with Gasteiger partial charge < -0.3 is 10.1 Å². The lowest BCUT2D eigenvalue weighted by Crippen LogP contribution is -2.17. The second kappa shape index (κ2) is 7.28. The molecule has 0 amide bonds. The van der Waals surface area contributed by atoms with Crippen LogP contribution in [0.4, 0.5) is 0 Å². The quantitative estimate of drug-likeness (QED) is 0.779. The van der Waals surface area contributed by atoms with Gasteiger partial charge in [0.05, 0.1) is 0 Å². The summed E-state index contributed by atoms with van der Waals surface area (Å²) in [4.78, 5) is 0. The third-order valence-electron chi connectivity index (χ3n) is 3.64. The minimum atomic E-state index is 0.332. The van der Waals surface area contributed by atoms with Crippen molar-refractivity contribution in [1.82, 2.24) is 5.32 Å². The zero-order valence-corrected chi connectivity index (χ0v) is 13.4. The summed E-state index contributed by atoms with van der Waals surface area (Å²) >= 11 is 0. The van der Waals surface area contributed by atoms with E-state index in [4.69, 9.17) is 4.74 Å². The van der Waals surface area contributed by atoms with E-state index in [9.17, 15) is 0 Å². The number of para-hydroxylation sites is 1. The fourth-order valence-corrected chi connectivity index (χ4v) is 2.45. The van der Waals surface area contributed by atoms with Gasteiger partial charge in [-0.25, -0.2) is 0 Å². The van der Waals surface area contributed by atoms with Gasteiger partial charge in [0.2, 0.25) is 0 Å². The van der Waals surface area contributed by atoms with Crippen molar-refractivity contribution in [1.29, 1.82) is 0 Å². The van der Waals surface area contributed by atoms with Gasteiger partial charge in [-0.3, -0.25) is 0 Å². The Morgan fingerprint density at radius 2 is 1.76 bits per heavy atom. The largest absolute Gasteiger partial charge is 0.457 e. The molecule has 21 heavy (non-hydrogen) atoms. The Morgan fingerprint density at radius 1 is 1.00 bits per heavy atom. The Morgan fingerprint density at radius 3 is 2.48 bits per heavy atom. The minimum absolute atomic E-state index is 0.332. The molecule has 0 heterocycles. The van der Waals surface area contributed by atoms with Gasteiger partial charge in [0.1, 0.15) is 11.5 Å². The molecule has 2 rings (SSSR count). The average Bonchev–Trinajstić information content (AvgIpc) is 2.48. The second-order valence-corrected chi connectivity index (χ2v) is 5.65. The molecule has 0 aliphatic rings. The van der Waals surface area contributed by atoms with E-state index in [0.29, 0.717) is 12.0 Å². The van der Waals surface area contributed by atoms with Crippen LogP contribution in [0.5, 0.6) is 11.5 Å². The summed E-state index contributed by atoms with van der Waals surface area (Å²) in [6.07, 6.45) is 0. The van der Waals surface area contributed by atoms with Gasteiger partial charge in [0.25, 0.3) is 0 Å². The van der Waals surface area contributed by atoms with E-state index in [0.717, 1.165) is 18.0 Å². The van der Waals surface area contributed by atoms with E-state index >= 15 is 0 Å². The predicted octanol–water partition coefficient (Wildman–Crippen LogP) is 5.27. The molecule has 0 radical (unpaired) electrons. The summed E-state index contributed by atoms with van der Waals surface area (Å²) < 4.78 is 6.11. The molecular weight excluding hydrogens is 258 g/mol. The van der Waals surface area contributed by atoms with Gasteiger partial charge in [-0.1, -0.05) is 51.1 Å². The highest BCUT2D eigenvalue weighted by Gasteiger charge is 2.09. The standard InChI is InChI=1S/C19H25NO/c1-5-20-15(4)16-9-8-10-17(13-16)21-19-12-7-6-11-18(19)14(2)3/h6-15,20H,5H2,1-4H3. The van der Waals surface area contributed by atoms with Crippen LogP contribution >= 0.6 is 0 Å². The molecule has 0 spiro atoms. The Kier molecular flexibility index (Phi) is 5.40. The van der Waals surface area contributed by atoms with Crippen molar-refractivity contribution >= 4 is 0 Å². The van der Waals surface area contributed by atoms with E-state index < -0.39 is 0 Å². The summed E-state index contributed by atoms with van der Waals surface area (Å²) in [7, 11) is 0. The molecule has 2 heteroatoms. The molecule has 2 aromatic rings. The van der Waals surface area contributed by atoms with E-state index in [2.05, 4.69) is 63.3 Å². The first-order valence-electron chi connectivity index (χ1n) is 7.72. The maximum atomic E-state index is 6.11. The highest BCUT2D eigenvalue weighted by molar-refractivity contribution is 5.40. The van der Waals surface area contributed by atoms with Crippen molar-refractivity contribution in [3.63, 3.8) is 0 Å². The number of benzene rings is 2. The molecule has 0 bridgehead atoms. The maximum Gasteiger partial charge on any atom is 0.130 e. The van der Waals surface area contributed by atoms with Gasteiger partial charge in [-0.05, 0) is 48.7 Å². The third kappa shape index (κ3) is 4.08. The molecular formula is C19H25NO. The van der Waals surface area contributed by atoms with E-state index in [1.165, 1.54) is 11.1 Å². The number of hydrogen-bond donors (Lipinski definition) is 1. The average molecular weight is 283 g/mol. The van der Waals surface area contributed by atoms with Gasteiger partial charge in [0, 0.05) is 6.04 Å². The maximum absolute atomic E-state index is 6.11. The van der Waals surface area contributed by atoms with Gasteiger partial charge in [0.15, 0.2) is 0 Å². The normalized spacial score (nSPS) is 12.4. The summed E-state index contributed by atoms with van der Waals surface area (Å²) in [5.41, 5.74) is 2.49. The van der Waals surface area contributed by atoms with Gasteiger partial charge in [-0.2, -0.15) is 0 Å². The van der Waals surface area contributed by atoms with Crippen LogP contribution in [-0.2, 0) is 0 Å². The summed E-state index contributed by atoms with van der Waals surface area (Å²) in [6.45, 7) is 9.63. The topological polar surface area (TPSA) is 21.3 Å². The highest BCUT2D eigenvalue weighted by atomic mass is 16.5. The lowest BCUT2D eigenvalue weighted by atomic mass is 10.0. The molecule has 1 N–H and O–H groups in total.